The molecule has 0 aliphatic heterocycles. The largest absolute Gasteiger partial charge is 0.300 e. The Bertz CT molecular complexity index is 1020. The summed E-state index contributed by atoms with van der Waals surface area (Å²) >= 11 is 6.16. The molecule has 114 valence electrons. The molecule has 4 aromatic rings. The van der Waals surface area contributed by atoms with Crippen molar-refractivity contribution in [3.63, 3.8) is 0 Å². The summed E-state index contributed by atoms with van der Waals surface area (Å²) in [5.74, 6) is 0.260. The number of aromatic nitrogens is 5. The molecular weight excluding hydrogens is 317 g/mol. The van der Waals surface area contributed by atoms with Crippen molar-refractivity contribution in [1.82, 2.24) is 24.5 Å². The van der Waals surface area contributed by atoms with Gasteiger partial charge in [0.25, 0.3) is 0 Å². The van der Waals surface area contributed by atoms with Crippen molar-refractivity contribution >= 4 is 22.6 Å². The van der Waals surface area contributed by atoms with E-state index in [9.17, 15) is 4.39 Å². The molecule has 2 aromatic heterocycles. The SMILES string of the molecule is Cn1nnc2cc(-n3ccnc3-c3ccc(F)cc3Cl)ccc21. The second-order valence-corrected chi connectivity index (χ2v) is 5.54. The molecule has 0 saturated carbocycles. The molecule has 0 spiro atoms. The fourth-order valence-electron chi connectivity index (χ4n) is 2.56. The van der Waals surface area contributed by atoms with E-state index < -0.39 is 0 Å². The number of hydrogen-bond donors (Lipinski definition) is 0. The molecule has 0 unspecified atom stereocenters. The number of benzene rings is 2. The molecule has 0 atom stereocenters. The molecule has 5 nitrogen and oxygen atoms in total. The zero-order chi connectivity index (χ0) is 16.0. The maximum atomic E-state index is 13.3. The Morgan fingerprint density at radius 2 is 2.00 bits per heavy atom. The van der Waals surface area contributed by atoms with E-state index >= 15 is 0 Å². The van der Waals surface area contributed by atoms with Crippen LogP contribution >= 0.6 is 11.6 Å². The van der Waals surface area contributed by atoms with Gasteiger partial charge in [-0.2, -0.15) is 0 Å². The molecule has 2 aromatic carbocycles. The van der Waals surface area contributed by atoms with Crippen LogP contribution < -0.4 is 0 Å². The van der Waals surface area contributed by atoms with E-state index in [2.05, 4.69) is 15.3 Å². The molecule has 0 aliphatic rings. The normalized spacial score (nSPS) is 11.3. The van der Waals surface area contributed by atoms with Crippen molar-refractivity contribution in [3.8, 4) is 17.1 Å². The highest BCUT2D eigenvalue weighted by Crippen LogP contribution is 2.29. The van der Waals surface area contributed by atoms with E-state index in [-0.39, 0.29) is 5.82 Å². The predicted octanol–water partition coefficient (Wildman–Crippen LogP) is 3.61. The Balaban J connectivity index is 1.88. The van der Waals surface area contributed by atoms with Gasteiger partial charge in [0.05, 0.1) is 10.5 Å². The van der Waals surface area contributed by atoms with E-state index in [1.165, 1.54) is 12.1 Å². The van der Waals surface area contributed by atoms with Gasteiger partial charge in [-0.1, -0.05) is 16.8 Å². The molecular formula is C16H11ClFN5. The summed E-state index contributed by atoms with van der Waals surface area (Å²) in [6.07, 6.45) is 3.50. The summed E-state index contributed by atoms with van der Waals surface area (Å²) in [5.41, 5.74) is 3.27. The quantitative estimate of drug-likeness (QED) is 0.565. The van der Waals surface area contributed by atoms with Crippen molar-refractivity contribution in [2.24, 2.45) is 7.05 Å². The van der Waals surface area contributed by atoms with E-state index in [0.29, 0.717) is 16.4 Å². The Morgan fingerprint density at radius 3 is 2.83 bits per heavy atom. The molecule has 0 bridgehead atoms. The monoisotopic (exact) mass is 327 g/mol. The predicted molar refractivity (Wildman–Crippen MR) is 86.0 cm³/mol. The van der Waals surface area contributed by atoms with Crippen LogP contribution in [-0.4, -0.2) is 24.5 Å². The summed E-state index contributed by atoms with van der Waals surface area (Å²) in [6.45, 7) is 0. The highest BCUT2D eigenvalue weighted by Gasteiger charge is 2.13. The van der Waals surface area contributed by atoms with Gasteiger partial charge in [0.1, 0.15) is 17.2 Å². The van der Waals surface area contributed by atoms with Gasteiger partial charge in [-0.15, -0.1) is 5.10 Å². The van der Waals surface area contributed by atoms with Crippen LogP contribution in [0, 0.1) is 5.82 Å². The van der Waals surface area contributed by atoms with Gasteiger partial charge >= 0.3 is 0 Å². The minimum absolute atomic E-state index is 0.318. The lowest BCUT2D eigenvalue weighted by Crippen LogP contribution is -1.97. The zero-order valence-corrected chi connectivity index (χ0v) is 12.9. The van der Waals surface area contributed by atoms with Crippen LogP contribution in [0.2, 0.25) is 5.02 Å². The summed E-state index contributed by atoms with van der Waals surface area (Å²) < 4.78 is 16.9. The number of aryl methyl sites for hydroxylation is 1. The maximum Gasteiger partial charge on any atom is 0.145 e. The number of halogens is 2. The third-order valence-corrected chi connectivity index (χ3v) is 4.00. The van der Waals surface area contributed by atoms with Gasteiger partial charge in [-0.3, -0.25) is 4.57 Å². The molecule has 0 amide bonds. The average molecular weight is 328 g/mol. The van der Waals surface area contributed by atoms with Gasteiger partial charge in [0.2, 0.25) is 0 Å². The number of imidazole rings is 1. The smallest absolute Gasteiger partial charge is 0.145 e. The summed E-state index contributed by atoms with van der Waals surface area (Å²) in [7, 11) is 1.84. The maximum absolute atomic E-state index is 13.3. The van der Waals surface area contributed by atoms with Crippen molar-refractivity contribution in [2.75, 3.05) is 0 Å². The van der Waals surface area contributed by atoms with Crippen molar-refractivity contribution in [2.45, 2.75) is 0 Å². The first-order valence-electron chi connectivity index (χ1n) is 6.92. The van der Waals surface area contributed by atoms with Gasteiger partial charge in [0.15, 0.2) is 0 Å². The van der Waals surface area contributed by atoms with Crippen LogP contribution in [0.5, 0.6) is 0 Å². The van der Waals surface area contributed by atoms with Crippen LogP contribution in [-0.2, 0) is 7.05 Å². The van der Waals surface area contributed by atoms with Crippen molar-refractivity contribution in [3.05, 3.63) is 59.6 Å². The Kier molecular flexibility index (Phi) is 3.12. The third kappa shape index (κ3) is 2.27. The van der Waals surface area contributed by atoms with E-state index in [0.717, 1.165) is 16.7 Å². The van der Waals surface area contributed by atoms with Crippen molar-refractivity contribution < 1.29 is 4.39 Å². The standard InChI is InChI=1S/C16H11ClFN5/c1-22-15-5-3-11(9-14(15)20-21-22)23-7-6-19-16(23)12-4-2-10(18)8-13(12)17/h2-9H,1H3. The number of fused-ring (bicyclic) bond motifs is 1. The second kappa shape index (κ2) is 5.17. The highest BCUT2D eigenvalue weighted by molar-refractivity contribution is 6.33. The Hall–Kier alpha value is -2.73. The summed E-state index contributed by atoms with van der Waals surface area (Å²) in [4.78, 5) is 4.35. The minimum Gasteiger partial charge on any atom is -0.300 e. The molecule has 0 N–H and O–H groups in total. The van der Waals surface area contributed by atoms with Gasteiger partial charge in [-0.05, 0) is 36.4 Å². The topological polar surface area (TPSA) is 48.5 Å². The molecule has 23 heavy (non-hydrogen) atoms. The first-order valence-corrected chi connectivity index (χ1v) is 7.30. The molecule has 0 radical (unpaired) electrons. The van der Waals surface area contributed by atoms with Gasteiger partial charge in [-0.25, -0.2) is 14.1 Å². The first-order chi connectivity index (χ1) is 11.1. The lowest BCUT2D eigenvalue weighted by Gasteiger charge is -2.09. The molecule has 0 saturated heterocycles. The third-order valence-electron chi connectivity index (χ3n) is 3.69. The highest BCUT2D eigenvalue weighted by atomic mass is 35.5. The summed E-state index contributed by atoms with van der Waals surface area (Å²) in [5, 5.41) is 8.44. The average Bonchev–Trinajstić information content (AvgIpc) is 3.14. The molecule has 7 heteroatoms. The second-order valence-electron chi connectivity index (χ2n) is 5.13. The minimum atomic E-state index is -0.377. The Morgan fingerprint density at radius 1 is 1.13 bits per heavy atom. The van der Waals surface area contributed by atoms with Crippen LogP contribution in [0.1, 0.15) is 0 Å². The summed E-state index contributed by atoms with van der Waals surface area (Å²) in [6, 6.07) is 10.1. The van der Waals surface area contributed by atoms with Crippen molar-refractivity contribution in [1.29, 1.82) is 0 Å². The van der Waals surface area contributed by atoms with E-state index in [1.807, 2.05) is 36.0 Å². The fourth-order valence-corrected chi connectivity index (χ4v) is 2.81. The van der Waals surface area contributed by atoms with Gasteiger partial charge in [0, 0.05) is 30.7 Å². The van der Waals surface area contributed by atoms with Crippen LogP contribution in [0.25, 0.3) is 28.1 Å². The van der Waals surface area contributed by atoms with Crippen LogP contribution in [0.4, 0.5) is 4.39 Å². The Labute approximate surface area is 135 Å². The molecule has 0 aliphatic carbocycles. The molecule has 0 fully saturated rings. The number of hydrogen-bond acceptors (Lipinski definition) is 3. The zero-order valence-electron chi connectivity index (χ0n) is 12.1. The lowest BCUT2D eigenvalue weighted by molar-refractivity contribution is 0.628. The van der Waals surface area contributed by atoms with Crippen LogP contribution in [0.3, 0.4) is 0 Å². The molecule has 4 rings (SSSR count). The van der Waals surface area contributed by atoms with E-state index in [1.54, 1.807) is 16.9 Å². The van der Waals surface area contributed by atoms with E-state index in [4.69, 9.17) is 11.6 Å². The number of nitrogens with zero attached hydrogens (tertiary/aromatic N) is 5. The first kappa shape index (κ1) is 13.9. The lowest BCUT2D eigenvalue weighted by atomic mass is 10.2. The van der Waals surface area contributed by atoms with Crippen LogP contribution in [0.15, 0.2) is 48.8 Å². The fraction of sp³-hybridized carbons (Fsp3) is 0.0625. The molecule has 2 heterocycles. The van der Waals surface area contributed by atoms with Gasteiger partial charge < -0.3 is 0 Å². The number of rotatable bonds is 2.